The van der Waals surface area contributed by atoms with E-state index in [9.17, 15) is 9.59 Å². The second-order valence-electron chi connectivity index (χ2n) is 7.31. The van der Waals surface area contributed by atoms with Crippen LogP contribution in [0.4, 0.5) is 16.2 Å². The van der Waals surface area contributed by atoms with Crippen LogP contribution in [0.3, 0.4) is 0 Å². The van der Waals surface area contributed by atoms with Gasteiger partial charge in [-0.15, -0.1) is 0 Å². The van der Waals surface area contributed by atoms with Gasteiger partial charge < -0.3 is 20.3 Å². The van der Waals surface area contributed by atoms with Crippen LogP contribution in [0.2, 0.25) is 0 Å². The van der Waals surface area contributed by atoms with Gasteiger partial charge in [-0.3, -0.25) is 9.78 Å². The molecule has 2 heterocycles. The van der Waals surface area contributed by atoms with E-state index in [1.54, 1.807) is 24.1 Å². The number of nitrogens with one attached hydrogen (secondary N) is 2. The maximum Gasteiger partial charge on any atom is 0.409 e. The first-order valence-electron chi connectivity index (χ1n) is 9.99. The molecule has 1 saturated heterocycles. The van der Waals surface area contributed by atoms with Crippen molar-refractivity contribution in [3.63, 3.8) is 0 Å². The Balaban J connectivity index is 1.59. The average molecular weight is 396 g/mol. The third-order valence-corrected chi connectivity index (χ3v) is 5.02. The maximum absolute atomic E-state index is 12.6. The van der Waals surface area contributed by atoms with E-state index in [-0.39, 0.29) is 18.0 Å². The summed E-state index contributed by atoms with van der Waals surface area (Å²) in [7, 11) is 0. The molecular formula is C22H28N4O3. The second kappa shape index (κ2) is 9.41. The van der Waals surface area contributed by atoms with Gasteiger partial charge in [0.15, 0.2) is 0 Å². The Bertz CT molecular complexity index is 876. The minimum Gasteiger partial charge on any atom is -0.450 e. The van der Waals surface area contributed by atoms with Crippen LogP contribution in [-0.4, -0.2) is 47.6 Å². The highest BCUT2D eigenvalue weighted by Crippen LogP contribution is 2.22. The summed E-state index contributed by atoms with van der Waals surface area (Å²) in [5.74, 6) is -0.204. The lowest BCUT2D eigenvalue weighted by Gasteiger charge is -2.31. The highest BCUT2D eigenvalue weighted by molar-refractivity contribution is 5.93. The molecule has 29 heavy (non-hydrogen) atoms. The van der Waals surface area contributed by atoms with Crippen molar-refractivity contribution in [2.45, 2.75) is 39.7 Å². The first kappa shape index (κ1) is 20.6. The highest BCUT2D eigenvalue weighted by atomic mass is 16.6. The Morgan fingerprint density at radius 2 is 1.93 bits per heavy atom. The number of rotatable bonds is 5. The van der Waals surface area contributed by atoms with Crippen molar-refractivity contribution >= 4 is 23.4 Å². The number of nitrogens with zero attached hydrogens (tertiary/aromatic N) is 2. The topological polar surface area (TPSA) is 83.6 Å². The SMILES string of the molecule is CCOC(=O)N1CCC(NC(=O)c2cc(Nc3cc(C)ccc3C)ccn2)CC1. The van der Waals surface area contributed by atoms with Gasteiger partial charge in [-0.05, 0) is 62.9 Å². The lowest BCUT2D eigenvalue weighted by atomic mass is 10.1. The number of hydrogen-bond acceptors (Lipinski definition) is 5. The molecule has 0 aliphatic carbocycles. The van der Waals surface area contributed by atoms with Crippen LogP contribution in [0.1, 0.15) is 41.4 Å². The molecule has 2 amide bonds. The van der Waals surface area contributed by atoms with E-state index in [4.69, 9.17) is 4.74 Å². The summed E-state index contributed by atoms with van der Waals surface area (Å²) in [6, 6.07) is 9.83. The lowest BCUT2D eigenvalue weighted by Crippen LogP contribution is -2.46. The summed E-state index contributed by atoms with van der Waals surface area (Å²) in [6.45, 7) is 7.40. The number of carbonyl (C=O) groups is 2. The fourth-order valence-electron chi connectivity index (χ4n) is 3.34. The third kappa shape index (κ3) is 5.47. The molecule has 0 atom stereocenters. The zero-order valence-electron chi connectivity index (χ0n) is 17.2. The van der Waals surface area contributed by atoms with Crippen LogP contribution in [0.15, 0.2) is 36.5 Å². The Morgan fingerprint density at radius 3 is 2.66 bits per heavy atom. The van der Waals surface area contributed by atoms with Gasteiger partial charge in [0.05, 0.1) is 6.61 Å². The molecular weight excluding hydrogens is 368 g/mol. The molecule has 0 saturated carbocycles. The molecule has 154 valence electrons. The molecule has 7 nitrogen and oxygen atoms in total. The molecule has 0 unspecified atom stereocenters. The summed E-state index contributed by atoms with van der Waals surface area (Å²) >= 11 is 0. The van der Waals surface area contributed by atoms with Crippen molar-refractivity contribution in [2.75, 3.05) is 25.0 Å². The van der Waals surface area contributed by atoms with E-state index < -0.39 is 0 Å². The number of hydrogen-bond donors (Lipinski definition) is 2. The van der Waals surface area contributed by atoms with Crippen LogP contribution >= 0.6 is 0 Å². The fraction of sp³-hybridized carbons (Fsp3) is 0.409. The first-order chi connectivity index (χ1) is 14.0. The molecule has 1 fully saturated rings. The molecule has 7 heteroatoms. The zero-order valence-corrected chi connectivity index (χ0v) is 17.2. The lowest BCUT2D eigenvalue weighted by molar-refractivity contribution is 0.0856. The van der Waals surface area contributed by atoms with Gasteiger partial charge in [0.1, 0.15) is 5.69 Å². The predicted octanol–water partition coefficient (Wildman–Crippen LogP) is 3.79. The van der Waals surface area contributed by atoms with Crippen molar-refractivity contribution in [2.24, 2.45) is 0 Å². The number of ether oxygens (including phenoxy) is 1. The molecule has 1 aliphatic rings. The number of anilines is 2. The Kier molecular flexibility index (Phi) is 6.69. The van der Waals surface area contributed by atoms with Gasteiger partial charge in [-0.25, -0.2) is 4.79 Å². The zero-order chi connectivity index (χ0) is 20.8. The fourth-order valence-corrected chi connectivity index (χ4v) is 3.34. The normalized spacial score (nSPS) is 14.4. The van der Waals surface area contributed by atoms with E-state index in [0.717, 1.165) is 16.9 Å². The largest absolute Gasteiger partial charge is 0.450 e. The Labute approximate surface area is 171 Å². The summed E-state index contributed by atoms with van der Waals surface area (Å²) in [6.07, 6.45) is 2.74. The third-order valence-electron chi connectivity index (χ3n) is 5.02. The second-order valence-corrected chi connectivity index (χ2v) is 7.31. The van der Waals surface area contributed by atoms with Crippen molar-refractivity contribution in [1.29, 1.82) is 0 Å². The van der Waals surface area contributed by atoms with Gasteiger partial charge in [0.25, 0.3) is 5.91 Å². The summed E-state index contributed by atoms with van der Waals surface area (Å²) in [5, 5.41) is 6.39. The minimum absolute atomic E-state index is 0.0191. The molecule has 1 aromatic carbocycles. The average Bonchev–Trinajstić information content (AvgIpc) is 2.71. The standard InChI is InChI=1S/C22H28N4O3/c1-4-29-22(28)26-11-8-17(9-12-26)25-21(27)20-14-18(7-10-23-20)24-19-13-15(2)5-6-16(19)3/h5-7,10,13-14,17H,4,8-9,11-12H2,1-3H3,(H,23,24)(H,25,27). The maximum atomic E-state index is 12.6. The van der Waals surface area contributed by atoms with E-state index in [0.29, 0.717) is 38.2 Å². The minimum atomic E-state index is -0.288. The number of aryl methyl sites for hydroxylation is 2. The number of carbonyl (C=O) groups excluding carboxylic acids is 2. The van der Waals surface area contributed by atoms with Gasteiger partial charge in [0, 0.05) is 36.7 Å². The first-order valence-corrected chi connectivity index (χ1v) is 9.99. The Hall–Kier alpha value is -3.09. The van der Waals surface area contributed by atoms with Crippen LogP contribution in [-0.2, 0) is 4.74 Å². The van der Waals surface area contributed by atoms with Crippen molar-refractivity contribution in [1.82, 2.24) is 15.2 Å². The molecule has 0 spiro atoms. The molecule has 1 aromatic heterocycles. The van der Waals surface area contributed by atoms with Crippen molar-refractivity contribution in [3.05, 3.63) is 53.3 Å². The van der Waals surface area contributed by atoms with Gasteiger partial charge in [0.2, 0.25) is 0 Å². The molecule has 0 bridgehead atoms. The molecule has 0 radical (unpaired) electrons. The molecule has 2 N–H and O–H groups in total. The smallest absolute Gasteiger partial charge is 0.409 e. The quantitative estimate of drug-likeness (QED) is 0.803. The van der Waals surface area contributed by atoms with Crippen LogP contribution in [0.25, 0.3) is 0 Å². The monoisotopic (exact) mass is 396 g/mol. The summed E-state index contributed by atoms with van der Waals surface area (Å²) in [4.78, 5) is 30.3. The van der Waals surface area contributed by atoms with Gasteiger partial charge in [-0.2, -0.15) is 0 Å². The van der Waals surface area contributed by atoms with Crippen LogP contribution < -0.4 is 10.6 Å². The van der Waals surface area contributed by atoms with Gasteiger partial charge >= 0.3 is 6.09 Å². The van der Waals surface area contributed by atoms with Crippen LogP contribution in [0, 0.1) is 13.8 Å². The Morgan fingerprint density at radius 1 is 1.17 bits per heavy atom. The van der Waals surface area contributed by atoms with E-state index in [2.05, 4.69) is 33.8 Å². The van der Waals surface area contributed by atoms with E-state index in [1.165, 1.54) is 5.56 Å². The molecule has 1 aliphatic heterocycles. The molecule has 3 rings (SSSR count). The number of pyridine rings is 1. The summed E-state index contributed by atoms with van der Waals surface area (Å²) < 4.78 is 5.03. The molecule has 2 aromatic rings. The van der Waals surface area contributed by atoms with Gasteiger partial charge in [-0.1, -0.05) is 12.1 Å². The van der Waals surface area contributed by atoms with E-state index in [1.807, 2.05) is 19.9 Å². The summed E-state index contributed by atoms with van der Waals surface area (Å²) in [5.41, 5.74) is 4.49. The highest BCUT2D eigenvalue weighted by Gasteiger charge is 2.25. The van der Waals surface area contributed by atoms with Crippen molar-refractivity contribution in [3.8, 4) is 0 Å². The predicted molar refractivity (Wildman–Crippen MR) is 113 cm³/mol. The number of aromatic nitrogens is 1. The number of amides is 2. The number of benzene rings is 1. The number of likely N-dealkylation sites (tertiary alicyclic amines) is 1. The van der Waals surface area contributed by atoms with Crippen molar-refractivity contribution < 1.29 is 14.3 Å². The van der Waals surface area contributed by atoms with E-state index >= 15 is 0 Å². The number of piperidine rings is 1. The van der Waals surface area contributed by atoms with Crippen LogP contribution in [0.5, 0.6) is 0 Å².